The van der Waals surface area contributed by atoms with Crippen molar-refractivity contribution in [3.63, 3.8) is 0 Å². The number of carbonyl (C=O) groups excluding carboxylic acids is 1. The first-order valence-corrected chi connectivity index (χ1v) is 8.99. The van der Waals surface area contributed by atoms with Gasteiger partial charge in [0.2, 0.25) is 5.91 Å². The topological polar surface area (TPSA) is 84.8 Å². The predicted octanol–water partition coefficient (Wildman–Crippen LogP) is 0.226. The van der Waals surface area contributed by atoms with Crippen LogP contribution in [0.2, 0.25) is 0 Å². The second-order valence-corrected chi connectivity index (χ2v) is 7.39. The maximum Gasteiger partial charge on any atom is 0.226 e. The summed E-state index contributed by atoms with van der Waals surface area (Å²) in [6.45, 7) is 4.11. The Morgan fingerprint density at radius 2 is 2.04 bits per heavy atom. The molecule has 2 aliphatic rings. The van der Waals surface area contributed by atoms with Gasteiger partial charge in [0.25, 0.3) is 0 Å². The summed E-state index contributed by atoms with van der Waals surface area (Å²) >= 11 is 5.50. The Balaban J connectivity index is 2.01. The smallest absolute Gasteiger partial charge is 0.226 e. The third-order valence-corrected chi connectivity index (χ3v) is 5.35. The summed E-state index contributed by atoms with van der Waals surface area (Å²) in [5.74, 6) is 1.58. The Morgan fingerprint density at radius 1 is 1.38 bits per heavy atom. The standard InChI is InChI=1S/C19H23N3O3S/c1-4-5-20-18(25)13-9-14(23)17(24)15-16(13)22(19(26)21-15)12-7-10(2)6-11(3)8-12/h1,6-8,13-17,23-24H,5,9H2,2-3H3,(H,20,25)(H,21,26)/t13-,14-,15-,16+,17+/m1/s1. The Bertz CT molecular complexity index is 756. The van der Waals surface area contributed by atoms with Crippen molar-refractivity contribution in [2.75, 3.05) is 11.4 Å². The molecule has 5 atom stereocenters. The lowest BCUT2D eigenvalue weighted by Crippen LogP contribution is -2.61. The molecule has 1 amide bonds. The van der Waals surface area contributed by atoms with E-state index in [-0.39, 0.29) is 18.9 Å². The number of amides is 1. The molecule has 0 unspecified atom stereocenters. The largest absolute Gasteiger partial charge is 0.390 e. The molecule has 1 heterocycles. The van der Waals surface area contributed by atoms with Gasteiger partial charge in [-0.3, -0.25) is 4.79 Å². The van der Waals surface area contributed by atoms with E-state index in [4.69, 9.17) is 18.6 Å². The van der Waals surface area contributed by atoms with Crippen LogP contribution in [0.3, 0.4) is 0 Å². The fourth-order valence-electron chi connectivity index (χ4n) is 4.00. The molecule has 2 fully saturated rings. The van der Waals surface area contributed by atoms with E-state index < -0.39 is 30.2 Å². The molecule has 0 bridgehead atoms. The molecule has 1 aromatic rings. The van der Waals surface area contributed by atoms with E-state index in [2.05, 4.69) is 22.6 Å². The first kappa shape index (κ1) is 18.6. The minimum absolute atomic E-state index is 0.118. The van der Waals surface area contributed by atoms with Crippen molar-refractivity contribution in [1.29, 1.82) is 0 Å². The van der Waals surface area contributed by atoms with E-state index in [9.17, 15) is 15.0 Å². The highest BCUT2D eigenvalue weighted by Gasteiger charge is 2.53. The Hall–Kier alpha value is -2.14. The van der Waals surface area contributed by atoms with Crippen LogP contribution in [0.25, 0.3) is 0 Å². The minimum atomic E-state index is -1.01. The Morgan fingerprint density at radius 3 is 2.65 bits per heavy atom. The van der Waals surface area contributed by atoms with E-state index in [0.717, 1.165) is 16.8 Å². The van der Waals surface area contributed by atoms with Gasteiger partial charge in [-0.25, -0.2) is 0 Å². The number of nitrogens with one attached hydrogen (secondary N) is 2. The lowest BCUT2D eigenvalue weighted by atomic mass is 9.77. The fraction of sp³-hybridized carbons (Fsp3) is 0.474. The predicted molar refractivity (Wildman–Crippen MR) is 104 cm³/mol. The maximum atomic E-state index is 12.7. The normalized spacial score (nSPS) is 30.3. The maximum absolute atomic E-state index is 12.7. The molecular formula is C19H23N3O3S. The molecule has 0 spiro atoms. The van der Waals surface area contributed by atoms with E-state index in [1.165, 1.54) is 0 Å². The first-order valence-electron chi connectivity index (χ1n) is 8.59. The molecule has 3 rings (SSSR count). The number of anilines is 1. The quantitative estimate of drug-likeness (QED) is 0.448. The summed E-state index contributed by atoms with van der Waals surface area (Å²) in [7, 11) is 0. The van der Waals surface area contributed by atoms with E-state index in [0.29, 0.717) is 5.11 Å². The van der Waals surface area contributed by atoms with Crippen LogP contribution < -0.4 is 15.5 Å². The lowest BCUT2D eigenvalue weighted by molar-refractivity contribution is -0.130. The molecule has 0 radical (unpaired) electrons. The summed E-state index contributed by atoms with van der Waals surface area (Å²) in [6.07, 6.45) is 3.37. The molecule has 138 valence electrons. The number of aryl methyl sites for hydroxylation is 2. The van der Waals surface area contributed by atoms with Gasteiger partial charge in [0.05, 0.1) is 30.7 Å². The second kappa shape index (κ2) is 7.23. The van der Waals surface area contributed by atoms with Crippen LogP contribution in [0.1, 0.15) is 17.5 Å². The summed E-state index contributed by atoms with van der Waals surface area (Å²) in [6, 6.07) is 5.12. The van der Waals surface area contributed by atoms with Gasteiger partial charge in [0.15, 0.2) is 5.11 Å². The van der Waals surface area contributed by atoms with Crippen LogP contribution in [0.15, 0.2) is 18.2 Å². The number of benzene rings is 1. The zero-order chi connectivity index (χ0) is 19.0. The zero-order valence-electron chi connectivity index (χ0n) is 14.8. The number of aliphatic hydroxyl groups is 2. The van der Waals surface area contributed by atoms with Crippen molar-refractivity contribution in [3.05, 3.63) is 29.3 Å². The molecular weight excluding hydrogens is 350 g/mol. The van der Waals surface area contributed by atoms with Crippen LogP contribution in [-0.2, 0) is 4.79 Å². The highest BCUT2D eigenvalue weighted by atomic mass is 32.1. The molecule has 1 saturated heterocycles. The Labute approximate surface area is 158 Å². The third kappa shape index (κ3) is 3.28. The highest BCUT2D eigenvalue weighted by molar-refractivity contribution is 7.80. The fourth-order valence-corrected chi connectivity index (χ4v) is 4.36. The number of hydrogen-bond acceptors (Lipinski definition) is 4. The van der Waals surface area contributed by atoms with Crippen LogP contribution in [0.5, 0.6) is 0 Å². The van der Waals surface area contributed by atoms with E-state index in [1.54, 1.807) is 0 Å². The SMILES string of the molecule is C#CCNC(=O)[C@@H]1C[C@@H](O)[C@H](O)[C@@H]2NC(=S)N(c3cc(C)cc(C)c3)[C@H]21. The molecule has 4 N–H and O–H groups in total. The van der Waals surface area contributed by atoms with E-state index >= 15 is 0 Å². The van der Waals surface area contributed by atoms with Crippen LogP contribution in [-0.4, -0.2) is 52.1 Å². The van der Waals surface area contributed by atoms with Crippen molar-refractivity contribution >= 4 is 28.9 Å². The van der Waals surface area contributed by atoms with E-state index in [1.807, 2.05) is 30.9 Å². The van der Waals surface area contributed by atoms with Crippen LogP contribution >= 0.6 is 12.2 Å². The second-order valence-electron chi connectivity index (χ2n) is 7.00. The van der Waals surface area contributed by atoms with Crippen molar-refractivity contribution < 1.29 is 15.0 Å². The number of terminal acetylenes is 1. The molecule has 7 heteroatoms. The van der Waals surface area contributed by atoms with Gasteiger partial charge in [-0.2, -0.15) is 0 Å². The third-order valence-electron chi connectivity index (χ3n) is 5.03. The average molecular weight is 373 g/mol. The summed E-state index contributed by atoms with van der Waals surface area (Å²) < 4.78 is 0. The number of aliphatic hydroxyl groups excluding tert-OH is 2. The zero-order valence-corrected chi connectivity index (χ0v) is 15.6. The molecule has 1 aromatic carbocycles. The summed E-state index contributed by atoms with van der Waals surface area (Å²) in [5.41, 5.74) is 3.03. The lowest BCUT2D eigenvalue weighted by Gasteiger charge is -2.41. The number of fused-ring (bicyclic) bond motifs is 1. The Kier molecular flexibility index (Phi) is 5.19. The van der Waals surface area contributed by atoms with Crippen LogP contribution in [0, 0.1) is 32.1 Å². The van der Waals surface area contributed by atoms with Gasteiger partial charge in [0.1, 0.15) is 6.10 Å². The van der Waals surface area contributed by atoms with Crippen molar-refractivity contribution in [1.82, 2.24) is 10.6 Å². The number of thiocarbonyl (C=S) groups is 1. The number of hydrogen-bond donors (Lipinski definition) is 4. The molecule has 0 aromatic heterocycles. The van der Waals surface area contributed by atoms with Gasteiger partial charge in [-0.05, 0) is 55.7 Å². The number of nitrogens with zero attached hydrogens (tertiary/aromatic N) is 1. The summed E-state index contributed by atoms with van der Waals surface area (Å²) in [4.78, 5) is 14.6. The van der Waals surface area contributed by atoms with Crippen molar-refractivity contribution in [3.8, 4) is 12.3 Å². The van der Waals surface area contributed by atoms with Crippen LogP contribution in [0.4, 0.5) is 5.69 Å². The highest BCUT2D eigenvalue weighted by Crippen LogP contribution is 2.37. The monoisotopic (exact) mass is 373 g/mol. The van der Waals surface area contributed by atoms with Gasteiger partial charge >= 0.3 is 0 Å². The molecule has 26 heavy (non-hydrogen) atoms. The van der Waals surface area contributed by atoms with Gasteiger partial charge < -0.3 is 25.7 Å². The number of carbonyl (C=O) groups is 1. The van der Waals surface area contributed by atoms with Crippen molar-refractivity contribution in [2.24, 2.45) is 5.92 Å². The summed E-state index contributed by atoms with van der Waals surface area (Å²) in [5, 5.41) is 26.9. The van der Waals surface area contributed by atoms with Gasteiger partial charge in [0, 0.05) is 5.69 Å². The number of rotatable bonds is 3. The van der Waals surface area contributed by atoms with Gasteiger partial charge in [-0.15, -0.1) is 6.42 Å². The minimum Gasteiger partial charge on any atom is -0.390 e. The average Bonchev–Trinajstić information content (AvgIpc) is 2.92. The molecule has 1 aliphatic carbocycles. The molecule has 1 saturated carbocycles. The molecule has 1 aliphatic heterocycles. The first-order chi connectivity index (χ1) is 12.3. The van der Waals surface area contributed by atoms with Crippen molar-refractivity contribution in [2.45, 2.75) is 44.6 Å². The molecule has 6 nitrogen and oxygen atoms in total. The van der Waals surface area contributed by atoms with Gasteiger partial charge in [-0.1, -0.05) is 12.0 Å².